The van der Waals surface area contributed by atoms with Crippen LogP contribution in [-0.4, -0.2) is 12.0 Å². The first kappa shape index (κ1) is 18.2. The highest BCUT2D eigenvalue weighted by Gasteiger charge is 2.10. The van der Waals surface area contributed by atoms with Crippen LogP contribution in [0.25, 0.3) is 0 Å². The maximum atomic E-state index is 12.1. The predicted octanol–water partition coefficient (Wildman–Crippen LogP) is 4.42. The highest BCUT2D eigenvalue weighted by Crippen LogP contribution is 2.18. The minimum absolute atomic E-state index is 0.0820. The summed E-state index contributed by atoms with van der Waals surface area (Å²) >= 11 is 0. The quantitative estimate of drug-likeness (QED) is 0.780. The Morgan fingerprint density at radius 2 is 1.58 bits per heavy atom. The van der Waals surface area contributed by atoms with Gasteiger partial charge in [0.15, 0.2) is 0 Å². The monoisotopic (exact) mass is 325 g/mol. The fourth-order valence-corrected chi connectivity index (χ4v) is 2.47. The van der Waals surface area contributed by atoms with Crippen LogP contribution in [0.15, 0.2) is 54.6 Å². The third-order valence-electron chi connectivity index (χ3n) is 3.96. The van der Waals surface area contributed by atoms with Gasteiger partial charge >= 0.3 is 0 Å². The Labute approximate surface area is 145 Å². The molecule has 0 saturated carbocycles. The second-order valence-corrected chi connectivity index (χ2v) is 6.47. The normalized spacial score (nSPS) is 12.2. The average molecular weight is 325 g/mol. The lowest BCUT2D eigenvalue weighted by Crippen LogP contribution is -2.24. The van der Waals surface area contributed by atoms with Gasteiger partial charge < -0.3 is 10.1 Å². The van der Waals surface area contributed by atoms with Crippen LogP contribution in [0.5, 0.6) is 0 Å². The van der Waals surface area contributed by atoms with Crippen molar-refractivity contribution in [2.24, 2.45) is 0 Å². The lowest BCUT2D eigenvalue weighted by atomic mass is 9.97. The number of hydrogen-bond donors (Lipinski definition) is 1. The fraction of sp³-hybridized carbons (Fsp3) is 0.381. The highest BCUT2D eigenvalue weighted by atomic mass is 16.5. The number of amides is 1. The van der Waals surface area contributed by atoms with Crippen molar-refractivity contribution in [3.8, 4) is 0 Å². The van der Waals surface area contributed by atoms with Crippen LogP contribution in [0.4, 0.5) is 0 Å². The molecule has 0 spiro atoms. The summed E-state index contributed by atoms with van der Waals surface area (Å²) in [7, 11) is 0. The Bertz CT molecular complexity index is 620. The first-order valence-corrected chi connectivity index (χ1v) is 8.55. The summed E-state index contributed by atoms with van der Waals surface area (Å²) in [6.07, 6.45) is 0.736. The van der Waals surface area contributed by atoms with Gasteiger partial charge in [0.05, 0.1) is 12.7 Å². The molecule has 0 aliphatic carbocycles. The van der Waals surface area contributed by atoms with E-state index in [1.165, 1.54) is 5.56 Å². The van der Waals surface area contributed by atoms with E-state index in [4.69, 9.17) is 4.74 Å². The lowest BCUT2D eigenvalue weighted by molar-refractivity contribution is -0.121. The Balaban J connectivity index is 1.77. The summed E-state index contributed by atoms with van der Waals surface area (Å²) < 4.78 is 5.58. The molecule has 24 heavy (non-hydrogen) atoms. The number of rotatable bonds is 8. The van der Waals surface area contributed by atoms with Crippen molar-refractivity contribution in [3.63, 3.8) is 0 Å². The van der Waals surface area contributed by atoms with Gasteiger partial charge in [-0.2, -0.15) is 0 Å². The maximum Gasteiger partial charge on any atom is 0.220 e. The number of nitrogens with one attached hydrogen (secondary N) is 1. The number of benzene rings is 2. The SMILES string of the molecule is CC(C)OCc1ccc(CNC(=O)C[C@@H](C)c2ccccc2)cc1. The van der Waals surface area contributed by atoms with E-state index in [0.717, 1.165) is 11.1 Å². The molecule has 2 rings (SSSR count). The number of carbonyl (C=O) groups excluding carboxylic acids is 1. The van der Waals surface area contributed by atoms with Gasteiger partial charge in [-0.3, -0.25) is 4.79 Å². The summed E-state index contributed by atoms with van der Waals surface area (Å²) in [5.74, 6) is 0.306. The molecule has 0 aromatic heterocycles. The average Bonchev–Trinajstić information content (AvgIpc) is 2.59. The van der Waals surface area contributed by atoms with Crippen molar-refractivity contribution >= 4 is 5.91 Å². The smallest absolute Gasteiger partial charge is 0.220 e. The Kier molecular flexibility index (Phi) is 7.01. The van der Waals surface area contributed by atoms with E-state index in [1.807, 2.05) is 44.2 Å². The van der Waals surface area contributed by atoms with E-state index in [9.17, 15) is 4.79 Å². The van der Waals surface area contributed by atoms with Crippen LogP contribution >= 0.6 is 0 Å². The Morgan fingerprint density at radius 3 is 2.21 bits per heavy atom. The zero-order valence-corrected chi connectivity index (χ0v) is 14.8. The first-order valence-electron chi connectivity index (χ1n) is 8.55. The molecule has 0 aliphatic heterocycles. The molecule has 2 aromatic carbocycles. The van der Waals surface area contributed by atoms with Gasteiger partial charge in [0.1, 0.15) is 0 Å². The number of ether oxygens (including phenoxy) is 1. The molecule has 0 radical (unpaired) electrons. The van der Waals surface area contributed by atoms with Gasteiger partial charge in [0.25, 0.3) is 0 Å². The summed E-state index contributed by atoms with van der Waals surface area (Å²) in [5, 5.41) is 3.00. The molecule has 0 fully saturated rings. The first-order chi connectivity index (χ1) is 11.5. The molecule has 0 aliphatic rings. The zero-order chi connectivity index (χ0) is 17.4. The molecule has 0 unspecified atom stereocenters. The molecule has 0 bridgehead atoms. The van der Waals surface area contributed by atoms with E-state index >= 15 is 0 Å². The van der Waals surface area contributed by atoms with Gasteiger partial charge in [-0.05, 0) is 36.5 Å². The van der Waals surface area contributed by atoms with E-state index in [1.54, 1.807) is 0 Å². The Hall–Kier alpha value is -2.13. The second kappa shape index (κ2) is 9.24. The van der Waals surface area contributed by atoms with E-state index < -0.39 is 0 Å². The molecular formula is C21H27NO2. The van der Waals surface area contributed by atoms with Gasteiger partial charge in [-0.15, -0.1) is 0 Å². The van der Waals surface area contributed by atoms with Crippen molar-refractivity contribution in [1.82, 2.24) is 5.32 Å². The van der Waals surface area contributed by atoms with E-state index in [-0.39, 0.29) is 17.9 Å². The van der Waals surface area contributed by atoms with Crippen molar-refractivity contribution < 1.29 is 9.53 Å². The topological polar surface area (TPSA) is 38.3 Å². The van der Waals surface area contributed by atoms with Crippen LogP contribution in [0.1, 0.15) is 49.8 Å². The summed E-state index contributed by atoms with van der Waals surface area (Å²) in [4.78, 5) is 12.1. The summed E-state index contributed by atoms with van der Waals surface area (Å²) in [6.45, 7) is 7.32. The molecule has 1 N–H and O–H groups in total. The number of carbonyl (C=O) groups is 1. The van der Waals surface area contributed by atoms with E-state index in [2.05, 4.69) is 36.5 Å². The van der Waals surface area contributed by atoms with Crippen molar-refractivity contribution in [2.75, 3.05) is 0 Å². The van der Waals surface area contributed by atoms with Crippen molar-refractivity contribution in [2.45, 2.75) is 52.4 Å². The molecular weight excluding hydrogens is 298 g/mol. The molecule has 3 nitrogen and oxygen atoms in total. The summed E-state index contributed by atoms with van der Waals surface area (Å²) in [6, 6.07) is 18.3. The maximum absolute atomic E-state index is 12.1. The van der Waals surface area contributed by atoms with Crippen LogP contribution in [0.2, 0.25) is 0 Å². The summed E-state index contributed by atoms with van der Waals surface area (Å²) in [5.41, 5.74) is 3.45. The molecule has 2 aromatic rings. The van der Waals surface area contributed by atoms with Gasteiger partial charge in [0.2, 0.25) is 5.91 Å². The molecule has 0 saturated heterocycles. The fourth-order valence-electron chi connectivity index (χ4n) is 2.47. The van der Waals surface area contributed by atoms with Crippen LogP contribution < -0.4 is 5.32 Å². The molecule has 1 atom stereocenters. The van der Waals surface area contributed by atoms with Gasteiger partial charge in [0, 0.05) is 13.0 Å². The van der Waals surface area contributed by atoms with E-state index in [0.29, 0.717) is 19.6 Å². The number of hydrogen-bond acceptors (Lipinski definition) is 2. The second-order valence-electron chi connectivity index (χ2n) is 6.47. The largest absolute Gasteiger partial charge is 0.374 e. The molecule has 3 heteroatoms. The van der Waals surface area contributed by atoms with Gasteiger partial charge in [-0.25, -0.2) is 0 Å². The highest BCUT2D eigenvalue weighted by molar-refractivity contribution is 5.76. The molecule has 0 heterocycles. The Morgan fingerprint density at radius 1 is 0.958 bits per heavy atom. The van der Waals surface area contributed by atoms with Crippen LogP contribution in [-0.2, 0) is 22.7 Å². The van der Waals surface area contributed by atoms with Gasteiger partial charge in [-0.1, -0.05) is 61.5 Å². The van der Waals surface area contributed by atoms with Crippen molar-refractivity contribution in [3.05, 3.63) is 71.3 Å². The minimum Gasteiger partial charge on any atom is -0.374 e. The third-order valence-corrected chi connectivity index (χ3v) is 3.96. The molecule has 128 valence electrons. The van der Waals surface area contributed by atoms with Crippen molar-refractivity contribution in [1.29, 1.82) is 0 Å². The predicted molar refractivity (Wildman–Crippen MR) is 97.7 cm³/mol. The standard InChI is InChI=1S/C21H27NO2/c1-16(2)24-15-19-11-9-18(10-12-19)14-22-21(23)13-17(3)20-7-5-4-6-8-20/h4-12,16-17H,13-15H2,1-3H3,(H,22,23)/t17-/m1/s1. The van der Waals surface area contributed by atoms with Crippen LogP contribution in [0, 0.1) is 0 Å². The lowest BCUT2D eigenvalue weighted by Gasteiger charge is -2.12. The molecule has 1 amide bonds. The minimum atomic E-state index is 0.0820. The zero-order valence-electron chi connectivity index (χ0n) is 14.8. The van der Waals surface area contributed by atoms with Crippen LogP contribution in [0.3, 0.4) is 0 Å². The third kappa shape index (κ3) is 6.17.